The zero-order valence-electron chi connectivity index (χ0n) is 11.2. The van der Waals surface area contributed by atoms with Crippen LogP contribution in [0, 0.1) is 5.92 Å². The molecular formula is C11H21F3N4O. The van der Waals surface area contributed by atoms with Gasteiger partial charge in [-0.25, -0.2) is 0 Å². The Bertz CT molecular complexity index is 322. The highest BCUT2D eigenvalue weighted by atomic mass is 19.4. The normalized spacial score (nSPS) is 25.5. The Morgan fingerprint density at radius 3 is 2.53 bits per heavy atom. The molecule has 0 aromatic heterocycles. The highest BCUT2D eigenvalue weighted by molar-refractivity contribution is 5.83. The Labute approximate surface area is 110 Å². The van der Waals surface area contributed by atoms with E-state index in [2.05, 4.69) is 10.1 Å². The van der Waals surface area contributed by atoms with Crippen molar-refractivity contribution in [2.24, 2.45) is 16.8 Å². The van der Waals surface area contributed by atoms with Gasteiger partial charge in [-0.2, -0.15) is 13.2 Å². The monoisotopic (exact) mass is 282 g/mol. The average Bonchev–Trinajstić information content (AvgIpc) is 2.34. The van der Waals surface area contributed by atoms with Gasteiger partial charge in [0.15, 0.2) is 5.84 Å². The zero-order valence-corrected chi connectivity index (χ0v) is 11.2. The Morgan fingerprint density at radius 2 is 2.11 bits per heavy atom. The van der Waals surface area contributed by atoms with Crippen molar-refractivity contribution in [3.63, 3.8) is 0 Å². The molecule has 1 aliphatic rings. The summed E-state index contributed by atoms with van der Waals surface area (Å²) < 4.78 is 38.5. The minimum Gasteiger partial charge on any atom is -0.409 e. The van der Waals surface area contributed by atoms with E-state index in [4.69, 9.17) is 10.9 Å². The lowest BCUT2D eigenvalue weighted by Gasteiger charge is -2.40. The second-order valence-electron chi connectivity index (χ2n) is 4.86. The molecule has 1 rings (SSSR count). The molecule has 2 unspecified atom stereocenters. The van der Waals surface area contributed by atoms with E-state index >= 15 is 0 Å². The van der Waals surface area contributed by atoms with E-state index < -0.39 is 17.9 Å². The van der Waals surface area contributed by atoms with Crippen LogP contribution in [0.25, 0.3) is 0 Å². The molecule has 112 valence electrons. The molecule has 0 aliphatic carbocycles. The molecule has 0 saturated carbocycles. The number of halogens is 3. The van der Waals surface area contributed by atoms with Crippen LogP contribution in [0.15, 0.2) is 5.16 Å². The topological polar surface area (TPSA) is 65.1 Å². The van der Waals surface area contributed by atoms with Crippen LogP contribution in [-0.2, 0) is 0 Å². The van der Waals surface area contributed by atoms with E-state index in [1.165, 1.54) is 0 Å². The third-order valence-electron chi connectivity index (χ3n) is 3.56. The van der Waals surface area contributed by atoms with Gasteiger partial charge in [-0.3, -0.25) is 9.80 Å². The fourth-order valence-electron chi connectivity index (χ4n) is 2.40. The molecule has 1 heterocycles. The predicted octanol–water partition coefficient (Wildman–Crippen LogP) is 0.937. The smallest absolute Gasteiger partial charge is 0.400 e. The molecule has 19 heavy (non-hydrogen) atoms. The second-order valence-corrected chi connectivity index (χ2v) is 4.86. The van der Waals surface area contributed by atoms with Gasteiger partial charge in [0, 0.05) is 32.2 Å². The zero-order chi connectivity index (χ0) is 14.6. The number of likely N-dealkylation sites (N-methyl/N-ethyl adjacent to an activating group) is 1. The number of hydrogen-bond acceptors (Lipinski definition) is 4. The van der Waals surface area contributed by atoms with Gasteiger partial charge in [0.2, 0.25) is 0 Å². The Kier molecular flexibility index (Phi) is 5.42. The van der Waals surface area contributed by atoms with E-state index in [1.807, 2.05) is 13.8 Å². The maximum atomic E-state index is 12.8. The molecule has 3 N–H and O–H groups in total. The minimum atomic E-state index is -4.50. The maximum Gasteiger partial charge on any atom is 0.400 e. The number of piperazine rings is 1. The van der Waals surface area contributed by atoms with Crippen molar-refractivity contribution < 1.29 is 18.4 Å². The highest BCUT2D eigenvalue weighted by Gasteiger charge is 2.44. The van der Waals surface area contributed by atoms with Crippen LogP contribution in [0.5, 0.6) is 0 Å². The van der Waals surface area contributed by atoms with Gasteiger partial charge in [0.1, 0.15) is 5.92 Å². The van der Waals surface area contributed by atoms with Gasteiger partial charge < -0.3 is 10.9 Å². The van der Waals surface area contributed by atoms with Gasteiger partial charge in [-0.15, -0.1) is 0 Å². The minimum absolute atomic E-state index is 0.208. The van der Waals surface area contributed by atoms with Crippen LogP contribution in [0.2, 0.25) is 0 Å². The number of oxime groups is 1. The number of nitrogens with two attached hydrogens (primary N) is 1. The molecule has 8 heteroatoms. The van der Waals surface area contributed by atoms with Crippen LogP contribution in [-0.4, -0.2) is 65.8 Å². The molecule has 0 spiro atoms. The molecule has 1 aliphatic heterocycles. The van der Waals surface area contributed by atoms with Crippen LogP contribution in [0.1, 0.15) is 13.8 Å². The lowest BCUT2D eigenvalue weighted by molar-refractivity contribution is -0.161. The molecule has 0 radical (unpaired) electrons. The lowest BCUT2D eigenvalue weighted by Crippen LogP contribution is -2.54. The Hall–Kier alpha value is -1.02. The first kappa shape index (κ1) is 16.0. The molecule has 1 fully saturated rings. The van der Waals surface area contributed by atoms with E-state index in [0.717, 1.165) is 13.1 Å². The predicted molar refractivity (Wildman–Crippen MR) is 66.1 cm³/mol. The molecule has 1 saturated heterocycles. The number of hydrogen-bond donors (Lipinski definition) is 2. The van der Waals surface area contributed by atoms with Crippen LogP contribution < -0.4 is 5.73 Å². The third-order valence-corrected chi connectivity index (χ3v) is 3.56. The number of amidine groups is 1. The van der Waals surface area contributed by atoms with Crippen molar-refractivity contribution in [2.75, 3.05) is 32.7 Å². The third kappa shape index (κ3) is 4.24. The lowest BCUT2D eigenvalue weighted by atomic mass is 10.1. The molecule has 2 atom stereocenters. The summed E-state index contributed by atoms with van der Waals surface area (Å²) in [6.07, 6.45) is -4.50. The fourth-order valence-corrected chi connectivity index (χ4v) is 2.40. The highest BCUT2D eigenvalue weighted by Crippen LogP contribution is 2.28. The first-order valence-electron chi connectivity index (χ1n) is 6.30. The molecule has 0 aromatic carbocycles. The fraction of sp³-hybridized carbons (Fsp3) is 0.909. The maximum absolute atomic E-state index is 12.8. The van der Waals surface area contributed by atoms with Crippen molar-refractivity contribution >= 4 is 5.84 Å². The van der Waals surface area contributed by atoms with Crippen LogP contribution in [0.4, 0.5) is 13.2 Å². The van der Waals surface area contributed by atoms with Gasteiger partial charge in [-0.05, 0) is 13.5 Å². The van der Waals surface area contributed by atoms with Crippen LogP contribution >= 0.6 is 0 Å². The van der Waals surface area contributed by atoms with Crippen molar-refractivity contribution in [2.45, 2.75) is 26.1 Å². The molecule has 0 aromatic rings. The summed E-state index contributed by atoms with van der Waals surface area (Å²) in [6.45, 7) is 6.49. The summed E-state index contributed by atoms with van der Waals surface area (Å²) in [5.74, 6) is -2.70. The summed E-state index contributed by atoms with van der Waals surface area (Å²) in [5.41, 5.74) is 5.15. The van der Waals surface area contributed by atoms with Crippen molar-refractivity contribution in [1.29, 1.82) is 0 Å². The Morgan fingerprint density at radius 1 is 1.47 bits per heavy atom. The quantitative estimate of drug-likeness (QED) is 0.348. The van der Waals surface area contributed by atoms with Gasteiger partial charge >= 0.3 is 6.18 Å². The molecule has 5 nitrogen and oxygen atoms in total. The number of rotatable bonds is 4. The standard InChI is InChI=1S/C11H21F3N4O/c1-3-18-5-4-17(6-8(18)2)7-9(10(15)16-19)11(12,13)14/h8-9,19H,3-7H2,1-2H3,(H2,15,16). The summed E-state index contributed by atoms with van der Waals surface area (Å²) in [4.78, 5) is 3.93. The first-order chi connectivity index (χ1) is 8.79. The largest absolute Gasteiger partial charge is 0.409 e. The van der Waals surface area contributed by atoms with E-state index in [9.17, 15) is 13.2 Å². The number of alkyl halides is 3. The van der Waals surface area contributed by atoms with Gasteiger partial charge in [0.25, 0.3) is 0 Å². The summed E-state index contributed by atoms with van der Waals surface area (Å²) in [7, 11) is 0. The van der Waals surface area contributed by atoms with E-state index in [1.54, 1.807) is 4.90 Å². The molecule has 0 amide bonds. The number of nitrogens with zero attached hydrogens (tertiary/aromatic N) is 3. The summed E-state index contributed by atoms with van der Waals surface area (Å²) in [6, 6.07) is 0.208. The molecule has 0 bridgehead atoms. The van der Waals surface area contributed by atoms with Crippen molar-refractivity contribution in [3.8, 4) is 0 Å². The van der Waals surface area contributed by atoms with Gasteiger partial charge in [-0.1, -0.05) is 12.1 Å². The van der Waals surface area contributed by atoms with Gasteiger partial charge in [0.05, 0.1) is 0 Å². The Balaban J connectivity index is 2.67. The average molecular weight is 282 g/mol. The first-order valence-corrected chi connectivity index (χ1v) is 6.30. The second kappa shape index (κ2) is 6.42. The van der Waals surface area contributed by atoms with Crippen molar-refractivity contribution in [1.82, 2.24) is 9.80 Å². The van der Waals surface area contributed by atoms with E-state index in [-0.39, 0.29) is 12.6 Å². The summed E-state index contributed by atoms with van der Waals surface area (Å²) in [5, 5.41) is 11.0. The van der Waals surface area contributed by atoms with Crippen molar-refractivity contribution in [3.05, 3.63) is 0 Å². The molecular weight excluding hydrogens is 261 g/mol. The van der Waals surface area contributed by atoms with E-state index in [0.29, 0.717) is 13.1 Å². The SMILES string of the molecule is CCN1CCN(CC(C(N)=NO)C(F)(F)F)CC1C. The van der Waals surface area contributed by atoms with Crippen LogP contribution in [0.3, 0.4) is 0 Å². The summed E-state index contributed by atoms with van der Waals surface area (Å²) >= 11 is 0.